The van der Waals surface area contributed by atoms with E-state index < -0.39 is 0 Å². The predicted octanol–water partition coefficient (Wildman–Crippen LogP) is 2.65. The van der Waals surface area contributed by atoms with Crippen molar-refractivity contribution in [1.29, 1.82) is 0 Å². The van der Waals surface area contributed by atoms with Crippen LogP contribution in [0.3, 0.4) is 0 Å². The van der Waals surface area contributed by atoms with E-state index in [4.69, 9.17) is 4.74 Å². The largest absolute Gasteiger partial charge is 0.466 e. The number of ether oxygens (including phenoxy) is 1. The van der Waals surface area contributed by atoms with E-state index in [0.29, 0.717) is 25.9 Å². The molecule has 1 rings (SSSR count). The van der Waals surface area contributed by atoms with Gasteiger partial charge in [0.1, 0.15) is 5.78 Å². The van der Waals surface area contributed by atoms with Crippen molar-refractivity contribution in [2.75, 3.05) is 6.61 Å². The summed E-state index contributed by atoms with van der Waals surface area (Å²) in [4.78, 5) is 22.8. The smallest absolute Gasteiger partial charge is 0.305 e. The van der Waals surface area contributed by atoms with Gasteiger partial charge in [0.2, 0.25) is 0 Å². The summed E-state index contributed by atoms with van der Waals surface area (Å²) in [5.41, 5.74) is 0. The van der Waals surface area contributed by atoms with Crippen molar-refractivity contribution in [3.8, 4) is 0 Å². The van der Waals surface area contributed by atoms with E-state index in [1.54, 1.807) is 6.92 Å². The molecule has 0 bridgehead atoms. The van der Waals surface area contributed by atoms with Crippen molar-refractivity contribution < 1.29 is 14.3 Å². The molecule has 0 aromatic heterocycles. The number of carbonyl (C=O) groups excluding carboxylic acids is 2. The third-order valence-corrected chi connectivity index (χ3v) is 2.78. The van der Waals surface area contributed by atoms with E-state index in [2.05, 4.69) is 6.08 Å². The molecule has 0 aromatic carbocycles. The molecular formula is C13H20O3. The topological polar surface area (TPSA) is 43.4 Å². The van der Waals surface area contributed by atoms with E-state index in [1.807, 2.05) is 6.08 Å². The predicted molar refractivity (Wildman–Crippen MR) is 62.0 cm³/mol. The number of hydrogen-bond acceptors (Lipinski definition) is 3. The van der Waals surface area contributed by atoms with Crippen LogP contribution in [-0.4, -0.2) is 18.4 Å². The second kappa shape index (κ2) is 7.20. The number of Topliss-reactive ketones (excluding diaryl/α,β-unsaturated/α-hetero) is 1. The van der Waals surface area contributed by atoms with Gasteiger partial charge >= 0.3 is 5.97 Å². The minimum absolute atomic E-state index is 0.0935. The maximum atomic E-state index is 11.7. The Balaban J connectivity index is 2.17. The maximum Gasteiger partial charge on any atom is 0.305 e. The number of carbonyl (C=O) groups is 2. The van der Waals surface area contributed by atoms with Gasteiger partial charge in [0.25, 0.3) is 0 Å². The van der Waals surface area contributed by atoms with Crippen molar-refractivity contribution in [2.24, 2.45) is 5.92 Å². The highest BCUT2D eigenvalue weighted by Gasteiger charge is 2.17. The van der Waals surface area contributed by atoms with Gasteiger partial charge in [-0.25, -0.2) is 0 Å². The third kappa shape index (κ3) is 4.60. The Bertz CT molecular complexity index is 268. The second-order valence-electron chi connectivity index (χ2n) is 4.09. The molecule has 1 atom stereocenters. The molecule has 0 saturated carbocycles. The molecule has 90 valence electrons. The maximum absolute atomic E-state index is 11.7. The lowest BCUT2D eigenvalue weighted by Gasteiger charge is -2.14. The molecule has 0 spiro atoms. The van der Waals surface area contributed by atoms with Crippen molar-refractivity contribution in [2.45, 2.75) is 45.4 Å². The second-order valence-corrected chi connectivity index (χ2v) is 4.09. The average Bonchev–Trinajstić information content (AvgIpc) is 2.30. The summed E-state index contributed by atoms with van der Waals surface area (Å²) in [6.07, 6.45) is 8.71. The van der Waals surface area contributed by atoms with Crippen LogP contribution in [0.5, 0.6) is 0 Å². The standard InChI is InChI=1S/C13H20O3/c1-2-16-13(15)10-6-9-12(14)11-7-4-3-5-8-11/h4,7,11H,2-3,5-6,8-10H2,1H3. The number of ketones is 1. The molecule has 0 fully saturated rings. The lowest BCUT2D eigenvalue weighted by atomic mass is 9.90. The molecule has 1 aliphatic carbocycles. The van der Waals surface area contributed by atoms with E-state index in [-0.39, 0.29) is 17.7 Å². The number of hydrogen-bond donors (Lipinski definition) is 0. The van der Waals surface area contributed by atoms with Crippen LogP contribution in [0.25, 0.3) is 0 Å². The van der Waals surface area contributed by atoms with Gasteiger partial charge in [0.05, 0.1) is 6.61 Å². The zero-order valence-corrected chi connectivity index (χ0v) is 9.91. The lowest BCUT2D eigenvalue weighted by Crippen LogP contribution is -2.14. The quantitative estimate of drug-likeness (QED) is 0.514. The first-order valence-electron chi connectivity index (χ1n) is 6.09. The summed E-state index contributed by atoms with van der Waals surface area (Å²) in [6, 6.07) is 0. The van der Waals surface area contributed by atoms with Gasteiger partial charge in [-0.1, -0.05) is 12.2 Å². The first-order chi connectivity index (χ1) is 7.74. The molecule has 1 aliphatic rings. The normalized spacial score (nSPS) is 19.4. The van der Waals surface area contributed by atoms with Crippen LogP contribution in [0, 0.1) is 5.92 Å². The summed E-state index contributed by atoms with van der Waals surface area (Å²) in [6.45, 7) is 2.20. The van der Waals surface area contributed by atoms with Crippen molar-refractivity contribution >= 4 is 11.8 Å². The van der Waals surface area contributed by atoms with Gasteiger partial charge in [-0.3, -0.25) is 9.59 Å². The molecule has 0 heterocycles. The Morgan fingerprint density at radius 2 is 2.19 bits per heavy atom. The van der Waals surface area contributed by atoms with E-state index in [0.717, 1.165) is 19.3 Å². The van der Waals surface area contributed by atoms with Crippen LogP contribution in [0.4, 0.5) is 0 Å². The summed E-state index contributed by atoms with van der Waals surface area (Å²) in [5, 5.41) is 0. The summed E-state index contributed by atoms with van der Waals surface area (Å²) in [7, 11) is 0. The minimum atomic E-state index is -0.200. The van der Waals surface area contributed by atoms with Crippen LogP contribution in [0.15, 0.2) is 12.2 Å². The molecule has 3 nitrogen and oxygen atoms in total. The summed E-state index contributed by atoms with van der Waals surface area (Å²) < 4.78 is 4.80. The van der Waals surface area contributed by atoms with Crippen molar-refractivity contribution in [3.05, 3.63) is 12.2 Å². The monoisotopic (exact) mass is 224 g/mol. The summed E-state index contributed by atoms with van der Waals surface area (Å²) in [5.74, 6) is 0.158. The molecule has 0 aliphatic heterocycles. The first kappa shape index (κ1) is 12.9. The highest BCUT2D eigenvalue weighted by molar-refractivity contribution is 5.83. The Hall–Kier alpha value is -1.12. The van der Waals surface area contributed by atoms with E-state index >= 15 is 0 Å². The average molecular weight is 224 g/mol. The molecule has 16 heavy (non-hydrogen) atoms. The molecule has 0 aromatic rings. The van der Waals surface area contributed by atoms with Crippen LogP contribution >= 0.6 is 0 Å². The third-order valence-electron chi connectivity index (χ3n) is 2.78. The fourth-order valence-electron chi connectivity index (χ4n) is 1.91. The Morgan fingerprint density at radius 1 is 1.38 bits per heavy atom. The van der Waals surface area contributed by atoms with Crippen LogP contribution in [-0.2, 0) is 14.3 Å². The molecule has 0 N–H and O–H groups in total. The SMILES string of the molecule is CCOC(=O)CCCC(=O)C1C=CCCC1. The highest BCUT2D eigenvalue weighted by atomic mass is 16.5. The Labute approximate surface area is 96.9 Å². The fraction of sp³-hybridized carbons (Fsp3) is 0.692. The van der Waals surface area contributed by atoms with E-state index in [1.165, 1.54) is 0 Å². The number of allylic oxidation sites excluding steroid dienone is 2. The first-order valence-corrected chi connectivity index (χ1v) is 6.09. The van der Waals surface area contributed by atoms with Gasteiger partial charge in [-0.2, -0.15) is 0 Å². The lowest BCUT2D eigenvalue weighted by molar-refractivity contribution is -0.143. The van der Waals surface area contributed by atoms with Gasteiger partial charge in [0.15, 0.2) is 0 Å². The van der Waals surface area contributed by atoms with Crippen LogP contribution in [0.2, 0.25) is 0 Å². The van der Waals surface area contributed by atoms with Crippen LogP contribution < -0.4 is 0 Å². The van der Waals surface area contributed by atoms with Crippen molar-refractivity contribution in [3.63, 3.8) is 0 Å². The molecule has 1 unspecified atom stereocenters. The highest BCUT2D eigenvalue weighted by Crippen LogP contribution is 2.19. The van der Waals surface area contributed by atoms with Gasteiger partial charge in [0, 0.05) is 18.8 Å². The number of esters is 1. The Morgan fingerprint density at radius 3 is 2.81 bits per heavy atom. The van der Waals surface area contributed by atoms with Gasteiger partial charge in [-0.15, -0.1) is 0 Å². The van der Waals surface area contributed by atoms with E-state index in [9.17, 15) is 9.59 Å². The minimum Gasteiger partial charge on any atom is -0.466 e. The zero-order chi connectivity index (χ0) is 11.8. The molecule has 0 radical (unpaired) electrons. The Kier molecular flexibility index (Phi) is 5.83. The molecular weight excluding hydrogens is 204 g/mol. The molecule has 0 amide bonds. The van der Waals surface area contributed by atoms with Crippen LogP contribution in [0.1, 0.15) is 45.4 Å². The number of rotatable bonds is 6. The van der Waals surface area contributed by atoms with Gasteiger partial charge in [-0.05, 0) is 32.6 Å². The zero-order valence-electron chi connectivity index (χ0n) is 9.91. The molecule has 3 heteroatoms. The van der Waals surface area contributed by atoms with Crippen molar-refractivity contribution in [1.82, 2.24) is 0 Å². The molecule has 0 saturated heterocycles. The van der Waals surface area contributed by atoms with Gasteiger partial charge < -0.3 is 4.74 Å². The summed E-state index contributed by atoms with van der Waals surface area (Å²) >= 11 is 0. The fourth-order valence-corrected chi connectivity index (χ4v) is 1.91.